The van der Waals surface area contributed by atoms with Gasteiger partial charge in [0.1, 0.15) is 0 Å². The zero-order valence-corrected chi connectivity index (χ0v) is 37.0. The molecule has 296 valence electrons. The van der Waals surface area contributed by atoms with Crippen molar-refractivity contribution in [2.75, 3.05) is 26.4 Å². The maximum Gasteiger partial charge on any atom is 0.335 e. The molecule has 2 aliphatic heterocycles. The van der Waals surface area contributed by atoms with Crippen molar-refractivity contribution in [3.05, 3.63) is 118 Å². The molecular weight excluding hydrogens is 722 g/mol. The summed E-state index contributed by atoms with van der Waals surface area (Å²) in [5, 5.41) is 0. The van der Waals surface area contributed by atoms with Gasteiger partial charge >= 0.3 is 15.2 Å². The van der Waals surface area contributed by atoms with Crippen LogP contribution >= 0.6 is 15.2 Å². The summed E-state index contributed by atoms with van der Waals surface area (Å²) in [5.41, 5.74) is 9.66. The van der Waals surface area contributed by atoms with E-state index in [1.807, 2.05) is 36.4 Å². The van der Waals surface area contributed by atoms with Gasteiger partial charge in [-0.1, -0.05) is 168 Å². The minimum Gasteiger partial charge on any atom is -0.307 e. The van der Waals surface area contributed by atoms with Gasteiger partial charge in [0.15, 0.2) is 0 Å². The van der Waals surface area contributed by atoms with E-state index in [2.05, 4.69) is 132 Å². The van der Waals surface area contributed by atoms with Crippen LogP contribution in [0.15, 0.2) is 84.9 Å². The highest BCUT2D eigenvalue weighted by atomic mass is 31.2. The minimum atomic E-state index is -3.57. The summed E-state index contributed by atoms with van der Waals surface area (Å²) < 4.78 is 54.1. The summed E-state index contributed by atoms with van der Waals surface area (Å²) in [6, 6.07) is 29.6. The maximum absolute atomic E-state index is 14.5. The fraction of sp³-hybridized carbons (Fsp3) is 0.489. The van der Waals surface area contributed by atoms with Crippen molar-refractivity contribution in [2.24, 2.45) is 5.41 Å². The van der Waals surface area contributed by atoms with E-state index in [1.165, 1.54) is 22.3 Å². The van der Waals surface area contributed by atoms with Crippen LogP contribution < -0.4 is 0 Å². The average Bonchev–Trinajstić information content (AvgIpc) is 3.09. The van der Waals surface area contributed by atoms with Gasteiger partial charge in [-0.3, -0.25) is 9.13 Å². The van der Waals surface area contributed by atoms with E-state index in [-0.39, 0.29) is 60.4 Å². The van der Waals surface area contributed by atoms with Gasteiger partial charge in [-0.2, -0.15) is 0 Å². The Morgan fingerprint density at radius 3 is 1.05 bits per heavy atom. The fourth-order valence-electron chi connectivity index (χ4n) is 7.46. The second kappa shape index (κ2) is 14.8. The third-order valence-corrected chi connectivity index (χ3v) is 14.5. The predicted molar refractivity (Wildman–Crippen MR) is 227 cm³/mol. The zero-order valence-electron chi connectivity index (χ0n) is 35.2. The van der Waals surface area contributed by atoms with Crippen LogP contribution in [0.5, 0.6) is 0 Å². The monoisotopic (exact) mass is 784 g/mol. The average molecular weight is 785 g/mol. The third kappa shape index (κ3) is 9.33. The Labute approximate surface area is 330 Å². The highest BCUT2D eigenvalue weighted by molar-refractivity contribution is 7.53. The molecule has 8 heteroatoms. The van der Waals surface area contributed by atoms with Crippen LogP contribution in [0.2, 0.25) is 0 Å². The van der Waals surface area contributed by atoms with Crippen molar-refractivity contribution < 1.29 is 27.2 Å². The molecule has 0 amide bonds. The molecule has 2 fully saturated rings. The lowest BCUT2D eigenvalue weighted by Crippen LogP contribution is -2.45. The van der Waals surface area contributed by atoms with E-state index in [1.54, 1.807) is 0 Å². The van der Waals surface area contributed by atoms with Gasteiger partial charge in [0.2, 0.25) is 0 Å². The van der Waals surface area contributed by atoms with Crippen molar-refractivity contribution in [1.82, 2.24) is 0 Å². The highest BCUT2D eigenvalue weighted by Gasteiger charge is 2.49. The Bertz CT molecular complexity index is 1930. The smallest absolute Gasteiger partial charge is 0.307 e. The van der Waals surface area contributed by atoms with E-state index in [0.717, 1.165) is 33.4 Å². The Morgan fingerprint density at radius 2 is 0.782 bits per heavy atom. The van der Waals surface area contributed by atoms with Crippen LogP contribution in [0.1, 0.15) is 116 Å². The molecule has 0 unspecified atom stereocenters. The van der Waals surface area contributed by atoms with Crippen molar-refractivity contribution in [3.63, 3.8) is 0 Å². The summed E-state index contributed by atoms with van der Waals surface area (Å²) >= 11 is 0. The summed E-state index contributed by atoms with van der Waals surface area (Å²) in [6.07, 6.45) is 0.284. The van der Waals surface area contributed by atoms with Crippen LogP contribution in [0.25, 0.3) is 22.3 Å². The number of benzene rings is 4. The largest absolute Gasteiger partial charge is 0.335 e. The third-order valence-electron chi connectivity index (χ3n) is 10.9. The molecular formula is C47H62O6P2. The molecule has 0 bridgehead atoms. The zero-order chi connectivity index (χ0) is 40.2. The van der Waals surface area contributed by atoms with E-state index < -0.39 is 20.6 Å². The van der Waals surface area contributed by atoms with Crippen molar-refractivity contribution in [3.8, 4) is 22.3 Å². The second-order valence-electron chi connectivity index (χ2n) is 20.0. The first-order chi connectivity index (χ1) is 25.4. The molecule has 6 nitrogen and oxygen atoms in total. The van der Waals surface area contributed by atoms with Gasteiger partial charge in [0.05, 0.1) is 44.2 Å². The Balaban J connectivity index is 1.25. The Morgan fingerprint density at radius 1 is 0.473 bits per heavy atom. The molecule has 0 N–H and O–H groups in total. The first-order valence-corrected chi connectivity index (χ1v) is 23.1. The molecule has 4 aromatic rings. The standard InChI is InChI=1S/C47H62O6P2/c1-43(2,3)37-23-35(41(33-19-15-13-16-20-33)39(25-37)45(7,8)9)27-54(48)50-29-47(30-51-54)31-52-55(49,53-32-47)28-36-24-38(44(4,5)6)26-40(46(10,11)12)42(36)34-21-17-14-18-22-34/h13-26H,27-32H2,1-12H3. The van der Waals surface area contributed by atoms with Crippen LogP contribution in [0, 0.1) is 5.41 Å². The number of hydrogen-bond acceptors (Lipinski definition) is 6. The van der Waals surface area contributed by atoms with Crippen LogP contribution in [0.4, 0.5) is 0 Å². The van der Waals surface area contributed by atoms with Gasteiger partial charge in [-0.05, 0) is 77.3 Å². The van der Waals surface area contributed by atoms with Gasteiger partial charge in [-0.15, -0.1) is 0 Å². The summed E-state index contributed by atoms with van der Waals surface area (Å²) in [7, 11) is -7.14. The first-order valence-electron chi connectivity index (χ1n) is 19.6. The van der Waals surface area contributed by atoms with Gasteiger partial charge in [-0.25, -0.2) is 0 Å². The molecule has 4 aromatic carbocycles. The lowest BCUT2D eigenvalue weighted by Gasteiger charge is -2.43. The Kier molecular flexibility index (Phi) is 11.3. The van der Waals surface area contributed by atoms with E-state index in [0.29, 0.717) is 0 Å². The summed E-state index contributed by atoms with van der Waals surface area (Å²) in [5.74, 6) is 0. The molecule has 2 aliphatic rings. The molecule has 2 saturated heterocycles. The normalized spacial score (nSPS) is 23.9. The van der Waals surface area contributed by atoms with Crippen LogP contribution in [0.3, 0.4) is 0 Å². The van der Waals surface area contributed by atoms with Gasteiger partial charge in [0, 0.05) is 0 Å². The summed E-state index contributed by atoms with van der Waals surface area (Å²) in [6.45, 7) is 27.0. The second-order valence-corrected chi connectivity index (χ2v) is 24.1. The molecule has 0 aliphatic carbocycles. The molecule has 1 spiro atoms. The fourth-order valence-corrected chi connectivity index (χ4v) is 11.2. The quantitative estimate of drug-likeness (QED) is 0.181. The van der Waals surface area contributed by atoms with Gasteiger partial charge in [0.25, 0.3) is 0 Å². The first kappa shape index (κ1) is 41.8. The van der Waals surface area contributed by atoms with E-state index in [9.17, 15) is 9.13 Å². The molecule has 0 atom stereocenters. The van der Waals surface area contributed by atoms with Crippen LogP contribution in [-0.2, 0) is 61.2 Å². The minimum absolute atomic E-state index is 0.119. The van der Waals surface area contributed by atoms with E-state index >= 15 is 0 Å². The highest BCUT2D eigenvalue weighted by Crippen LogP contribution is 2.62. The SMILES string of the molecule is CC(C)(C)c1cc(CP2(=O)OCC3(CO2)COP(=O)(Cc2cc(C(C)(C)C)cc(C(C)(C)C)c2-c2ccccc2)OC3)c(-c2ccccc2)c(C(C)(C)C)c1. The Hall–Kier alpha value is -2.82. The predicted octanol–water partition coefficient (Wildman–Crippen LogP) is 13.4. The lowest BCUT2D eigenvalue weighted by atomic mass is 9.75. The summed E-state index contributed by atoms with van der Waals surface area (Å²) in [4.78, 5) is 0. The lowest BCUT2D eigenvalue weighted by molar-refractivity contribution is -0.0690. The topological polar surface area (TPSA) is 71.1 Å². The molecule has 0 aromatic heterocycles. The van der Waals surface area contributed by atoms with Crippen molar-refractivity contribution >= 4 is 15.2 Å². The van der Waals surface area contributed by atoms with E-state index in [4.69, 9.17) is 18.1 Å². The number of rotatable bonds is 6. The molecule has 0 saturated carbocycles. The molecule has 6 rings (SSSR count). The molecule has 55 heavy (non-hydrogen) atoms. The number of hydrogen-bond donors (Lipinski definition) is 0. The maximum atomic E-state index is 14.5. The molecule has 0 radical (unpaired) electrons. The van der Waals surface area contributed by atoms with Gasteiger partial charge < -0.3 is 18.1 Å². The van der Waals surface area contributed by atoms with Crippen LogP contribution in [-0.4, -0.2) is 26.4 Å². The molecule has 2 heterocycles. The van der Waals surface area contributed by atoms with Crippen molar-refractivity contribution in [1.29, 1.82) is 0 Å². The van der Waals surface area contributed by atoms with Crippen molar-refractivity contribution in [2.45, 2.75) is 117 Å².